The molecule has 0 amide bonds. The molecule has 0 N–H and O–H groups in total. The summed E-state index contributed by atoms with van der Waals surface area (Å²) in [4.78, 5) is 5.52. The van der Waals surface area contributed by atoms with Crippen LogP contribution >= 0.6 is 0 Å². The number of para-hydroxylation sites is 1. The van der Waals surface area contributed by atoms with E-state index in [2.05, 4.69) is 576 Å². The predicted molar refractivity (Wildman–Crippen MR) is 619 cm³/mol. The Labute approximate surface area is 864 Å². The molecule has 0 aliphatic heterocycles. The number of nitrogens with zero attached hydrogens (tertiary/aromatic N) is 3. The van der Waals surface area contributed by atoms with Crippen molar-refractivity contribution in [3.05, 3.63) is 618 Å². The van der Waals surface area contributed by atoms with Crippen LogP contribution in [0.3, 0.4) is 0 Å². The number of rotatable bonds is 14. The standard InChI is InChI=1S/C54H36N2.C47H37N.C44H30/c1-6-16-37(17-7-1)41-26-30-51-49(35-41)47-28-29-48-50-36-42(38-18-8-2-9-19-38)27-31-52(50)56(54(48)53(47)55(51)45-24-14-5-15-25-45)46-33-43(39-20-10-3-11-21-39)32-44(34-46)40-22-12-4-13-23-40;1-47(2,3)34-24-22-32(23-25-34)43-37-20-12-10-18-35(37)39-26-27-40-36-19-11-13-21-38(36)44(46(40)45(39)43)42-29-33(30-14-6-4-7-15-30)28-41(48-42)31-16-8-5-9-17-31;1-4-14-29(15-5-1)32-26-33(30-16-6-2-7-17-30)28-34(27-32)42-38-23-13-11-21-36(38)40-25-24-39-35-20-10-12-22-37(35)41(43(39)44(40)42)31-18-8-3-9-19-31/h1-36H;4-29,43-44H,1-3H3;1-28,41-42H. The van der Waals surface area contributed by atoms with Gasteiger partial charge >= 0.3 is 0 Å². The summed E-state index contributed by atoms with van der Waals surface area (Å²) in [7, 11) is 0. The van der Waals surface area contributed by atoms with Crippen molar-refractivity contribution >= 4 is 43.6 Å². The Balaban J connectivity index is 0.000000110. The molecule has 148 heavy (non-hydrogen) atoms. The monoisotopic (exact) mass is 1890 g/mol. The lowest BCUT2D eigenvalue weighted by atomic mass is 9.79. The van der Waals surface area contributed by atoms with Crippen LogP contribution in [0, 0.1) is 0 Å². The smallest absolute Gasteiger partial charge is 0.0788 e. The average molecular weight is 1890 g/mol. The first kappa shape index (κ1) is 88.5. The van der Waals surface area contributed by atoms with Gasteiger partial charge in [0, 0.05) is 56.2 Å². The van der Waals surface area contributed by atoms with Crippen LogP contribution in [-0.4, -0.2) is 14.1 Å². The molecule has 22 aromatic carbocycles. The topological polar surface area (TPSA) is 22.8 Å². The van der Waals surface area contributed by atoms with Crippen LogP contribution < -0.4 is 0 Å². The number of pyridine rings is 1. The highest BCUT2D eigenvalue weighted by Crippen LogP contribution is 2.62. The Bertz CT molecular complexity index is 9200. The number of benzene rings is 22. The van der Waals surface area contributed by atoms with Crippen molar-refractivity contribution in [1.29, 1.82) is 0 Å². The highest BCUT2D eigenvalue weighted by atomic mass is 15.0. The molecule has 0 saturated carbocycles. The quantitative estimate of drug-likeness (QED) is 0.106. The van der Waals surface area contributed by atoms with E-state index < -0.39 is 0 Å². The zero-order chi connectivity index (χ0) is 98.4. The zero-order valence-electron chi connectivity index (χ0n) is 82.6. The summed E-state index contributed by atoms with van der Waals surface area (Å²) in [6.45, 7) is 6.87. The number of hydrogen-bond donors (Lipinski definition) is 0. The SMILES string of the molecule is CC(C)(C)c1ccc(C2c3ccccc3-c3ccc4c(c32)C(c2cc(-c3ccccc3)cc(-c3ccccc3)n2)c2ccccc2-4)cc1.c1ccc(-c2cc(-c3ccccc3)cc(-n3c4ccc(-c5ccccc5)cc4c4ccc5c6cc(-c7ccccc7)ccc6n(-c6ccccc6)c5c43)c2)cc1.c1ccc(-c2cc(-c3ccccc3)cc(C3c4ccccc4-c4ccc5c(c43)C(c3ccccc3)c3ccccc3-5)c2)cc1. The maximum atomic E-state index is 5.52. The van der Waals surface area contributed by atoms with Crippen LogP contribution in [0.15, 0.2) is 546 Å². The Hall–Kier alpha value is -18.4. The largest absolute Gasteiger partial charge is 0.307 e. The molecule has 4 aliphatic carbocycles. The van der Waals surface area contributed by atoms with E-state index in [-0.39, 0.29) is 29.1 Å². The van der Waals surface area contributed by atoms with Crippen molar-refractivity contribution < 1.29 is 0 Å². The van der Waals surface area contributed by atoms with Crippen molar-refractivity contribution in [1.82, 2.24) is 14.1 Å². The molecule has 3 heterocycles. The summed E-state index contributed by atoms with van der Waals surface area (Å²) in [5, 5.41) is 4.91. The van der Waals surface area contributed by atoms with E-state index in [1.165, 1.54) is 233 Å². The van der Waals surface area contributed by atoms with Crippen molar-refractivity contribution in [3.63, 3.8) is 0 Å². The summed E-state index contributed by atoms with van der Waals surface area (Å²) in [5.41, 5.74) is 54.7. The van der Waals surface area contributed by atoms with Gasteiger partial charge in [-0.25, -0.2) is 0 Å². The molecule has 3 heteroatoms. The highest BCUT2D eigenvalue weighted by Gasteiger charge is 2.43. The lowest BCUT2D eigenvalue weighted by Crippen LogP contribution is -2.12. The van der Waals surface area contributed by atoms with Crippen molar-refractivity contribution in [3.8, 4) is 145 Å². The summed E-state index contributed by atoms with van der Waals surface area (Å²) in [6, 6.07) is 200. The molecule has 29 rings (SSSR count). The summed E-state index contributed by atoms with van der Waals surface area (Å²) < 4.78 is 5.01. The van der Waals surface area contributed by atoms with Crippen LogP contribution in [0.2, 0.25) is 0 Å². The molecule has 698 valence electrons. The molecule has 0 radical (unpaired) electrons. The van der Waals surface area contributed by atoms with Gasteiger partial charge in [0.1, 0.15) is 0 Å². The second-order valence-electron chi connectivity index (χ2n) is 40.9. The van der Waals surface area contributed by atoms with E-state index in [0.29, 0.717) is 0 Å². The molecular formula is C145H103N3. The normalized spacial score (nSPS) is 14.2. The minimum atomic E-state index is 0.00272. The minimum absolute atomic E-state index is 0.00272. The first-order chi connectivity index (χ1) is 73.1. The van der Waals surface area contributed by atoms with Crippen LogP contribution in [-0.2, 0) is 5.41 Å². The molecule has 0 saturated heterocycles. The third-order valence-corrected chi connectivity index (χ3v) is 31.3. The van der Waals surface area contributed by atoms with Crippen LogP contribution in [0.5, 0.6) is 0 Å². The Kier molecular flexibility index (Phi) is 22.2. The number of aromatic nitrogens is 3. The minimum Gasteiger partial charge on any atom is -0.307 e. The molecule has 0 fully saturated rings. The van der Waals surface area contributed by atoms with Gasteiger partial charge in [0.2, 0.25) is 0 Å². The third kappa shape index (κ3) is 15.6. The lowest BCUT2D eigenvalue weighted by Gasteiger charge is -2.24. The number of fused-ring (bicyclic) bond motifs is 21. The van der Waals surface area contributed by atoms with Gasteiger partial charge in [-0.05, 0) is 267 Å². The van der Waals surface area contributed by atoms with E-state index in [1.54, 1.807) is 0 Å². The maximum absolute atomic E-state index is 5.52. The van der Waals surface area contributed by atoms with E-state index in [1.807, 2.05) is 0 Å². The van der Waals surface area contributed by atoms with Gasteiger partial charge in [-0.2, -0.15) is 0 Å². The molecule has 3 aromatic heterocycles. The summed E-state index contributed by atoms with van der Waals surface area (Å²) >= 11 is 0. The van der Waals surface area contributed by atoms with E-state index >= 15 is 0 Å². The van der Waals surface area contributed by atoms with Crippen molar-refractivity contribution in [2.45, 2.75) is 49.9 Å². The summed E-state index contributed by atoms with van der Waals surface area (Å²) in [5.74, 6) is 0.466. The van der Waals surface area contributed by atoms with Gasteiger partial charge in [0.25, 0.3) is 0 Å². The van der Waals surface area contributed by atoms with Gasteiger partial charge in [0.05, 0.1) is 39.4 Å². The van der Waals surface area contributed by atoms with Crippen molar-refractivity contribution in [2.24, 2.45) is 0 Å². The first-order valence-electron chi connectivity index (χ1n) is 51.8. The molecular weight excluding hydrogens is 1780 g/mol. The van der Waals surface area contributed by atoms with E-state index in [4.69, 9.17) is 4.98 Å². The van der Waals surface area contributed by atoms with Gasteiger partial charge in [-0.1, -0.05) is 494 Å². The Morgan fingerprint density at radius 2 is 0.473 bits per heavy atom. The fourth-order valence-electron chi connectivity index (χ4n) is 24.6. The van der Waals surface area contributed by atoms with Crippen LogP contribution in [0.4, 0.5) is 0 Å². The fraction of sp³-hybridized carbons (Fsp3) is 0.0552. The maximum Gasteiger partial charge on any atom is 0.0788 e. The van der Waals surface area contributed by atoms with Crippen molar-refractivity contribution in [2.75, 3.05) is 0 Å². The average Bonchev–Trinajstić information content (AvgIpc) is 1.53. The molecule has 3 nitrogen and oxygen atoms in total. The van der Waals surface area contributed by atoms with E-state index in [9.17, 15) is 0 Å². The van der Waals surface area contributed by atoms with Gasteiger partial charge in [-0.3, -0.25) is 4.98 Å². The van der Waals surface area contributed by atoms with Gasteiger partial charge in [-0.15, -0.1) is 0 Å². The molecule has 4 aliphatic rings. The first-order valence-corrected chi connectivity index (χ1v) is 51.8. The molecule has 4 atom stereocenters. The molecule has 4 unspecified atom stereocenters. The molecule has 0 bridgehead atoms. The second kappa shape index (κ2) is 37.1. The third-order valence-electron chi connectivity index (χ3n) is 31.3. The van der Waals surface area contributed by atoms with Gasteiger partial charge in [0.15, 0.2) is 0 Å². The van der Waals surface area contributed by atoms with Gasteiger partial charge < -0.3 is 9.13 Å². The van der Waals surface area contributed by atoms with E-state index in [0.717, 1.165) is 28.3 Å². The van der Waals surface area contributed by atoms with Crippen LogP contribution in [0.1, 0.15) is 117 Å². The molecule has 25 aromatic rings. The summed E-state index contributed by atoms with van der Waals surface area (Å²) in [6.07, 6.45) is 0. The number of hydrogen-bond acceptors (Lipinski definition) is 1. The second-order valence-corrected chi connectivity index (χ2v) is 40.9. The predicted octanol–water partition coefficient (Wildman–Crippen LogP) is 37.9. The zero-order valence-corrected chi connectivity index (χ0v) is 82.6. The Morgan fingerprint density at radius 3 is 0.845 bits per heavy atom. The van der Waals surface area contributed by atoms with Crippen LogP contribution in [0.25, 0.3) is 189 Å². The molecule has 0 spiro atoms. The Morgan fingerprint density at radius 1 is 0.182 bits per heavy atom. The highest BCUT2D eigenvalue weighted by molar-refractivity contribution is 6.25. The lowest BCUT2D eigenvalue weighted by molar-refractivity contribution is 0.590. The fourth-order valence-corrected chi connectivity index (χ4v) is 24.6.